The van der Waals surface area contributed by atoms with Gasteiger partial charge in [0.05, 0.1) is 7.11 Å². The Morgan fingerprint density at radius 1 is 1.42 bits per heavy atom. The molecule has 2 N–H and O–H groups in total. The maximum absolute atomic E-state index is 8.57. The van der Waals surface area contributed by atoms with E-state index in [0.717, 1.165) is 11.4 Å². The molecule has 4 heteroatoms. The van der Waals surface area contributed by atoms with Crippen LogP contribution in [0.25, 0.3) is 0 Å². The number of nitrogens with two attached hydrogens (primary N) is 1. The molecule has 0 aliphatic rings. The minimum absolute atomic E-state index is 0.222. The van der Waals surface area contributed by atoms with Crippen LogP contribution in [0.15, 0.2) is 24.3 Å². The van der Waals surface area contributed by atoms with Crippen LogP contribution in [-0.4, -0.2) is 12.9 Å². The zero-order valence-corrected chi connectivity index (χ0v) is 7.41. The van der Waals surface area contributed by atoms with Crippen LogP contribution in [-0.2, 0) is 4.79 Å². The highest BCUT2D eigenvalue weighted by Crippen LogP contribution is 2.11. The number of halogens is 1. The van der Waals surface area contributed by atoms with Crippen LogP contribution in [0.3, 0.4) is 0 Å². The van der Waals surface area contributed by atoms with E-state index in [-0.39, 0.29) is 5.75 Å². The van der Waals surface area contributed by atoms with E-state index in [1.807, 2.05) is 12.1 Å². The summed E-state index contributed by atoms with van der Waals surface area (Å²) in [6, 6.07) is 7.27. The van der Waals surface area contributed by atoms with Gasteiger partial charge in [-0.15, -0.1) is 0 Å². The van der Waals surface area contributed by atoms with Crippen LogP contribution < -0.4 is 10.5 Å². The molecule has 0 radical (unpaired) electrons. The first kappa shape index (κ1) is 10.8. The van der Waals surface area contributed by atoms with Gasteiger partial charge in [-0.2, -0.15) is 0 Å². The van der Waals surface area contributed by atoms with Gasteiger partial charge in [-0.1, -0.05) is 0 Å². The molecule has 0 bridgehead atoms. The van der Waals surface area contributed by atoms with Crippen LogP contribution in [0, 0.1) is 0 Å². The summed E-state index contributed by atoms with van der Waals surface area (Å²) in [6.07, 6.45) is 0. The predicted octanol–water partition coefficient (Wildman–Crippen LogP) is 1.69. The number of methoxy groups -OCH3 is 1. The Hall–Kier alpha value is -1.22. The first-order valence-electron chi connectivity index (χ1n) is 3.18. The van der Waals surface area contributed by atoms with Gasteiger partial charge in [0.25, 0.3) is 0 Å². The van der Waals surface area contributed by atoms with E-state index in [1.165, 1.54) is 0 Å². The lowest BCUT2D eigenvalue weighted by atomic mass is 10.3. The Morgan fingerprint density at radius 3 is 2.17 bits per heavy atom. The summed E-state index contributed by atoms with van der Waals surface area (Å²) in [4.78, 5) is 8.57. The molecule has 0 saturated carbocycles. The molecule has 66 valence electrons. The quantitative estimate of drug-likeness (QED) is 0.414. The van der Waals surface area contributed by atoms with Gasteiger partial charge < -0.3 is 10.5 Å². The minimum Gasteiger partial charge on any atom is -0.497 e. The summed E-state index contributed by atoms with van der Waals surface area (Å²) in [6.45, 7) is 0. The molecule has 3 nitrogen and oxygen atoms in total. The molecular formula is C8H10ClNO2. The second kappa shape index (κ2) is 6.49. The third kappa shape index (κ3) is 4.57. The van der Waals surface area contributed by atoms with Crippen molar-refractivity contribution < 1.29 is 9.53 Å². The SMILES string of the molecule is COc1ccc(N)cc1.O=CCl. The van der Waals surface area contributed by atoms with E-state index < -0.39 is 0 Å². The van der Waals surface area contributed by atoms with Crippen molar-refractivity contribution in [2.24, 2.45) is 0 Å². The number of nitrogen functional groups attached to an aromatic ring is 1. The maximum Gasteiger partial charge on any atom is 0.208 e. The van der Waals surface area contributed by atoms with Gasteiger partial charge in [0.15, 0.2) is 0 Å². The molecule has 1 rings (SSSR count). The lowest BCUT2D eigenvalue weighted by Crippen LogP contribution is -1.84. The summed E-state index contributed by atoms with van der Waals surface area (Å²) in [5.41, 5.74) is 6.19. The van der Waals surface area contributed by atoms with Gasteiger partial charge in [0.1, 0.15) is 5.75 Å². The molecule has 0 amide bonds. The average Bonchev–Trinajstić information content (AvgIpc) is 2.07. The zero-order valence-electron chi connectivity index (χ0n) is 6.66. The third-order valence-corrected chi connectivity index (χ3v) is 1.12. The second-order valence-electron chi connectivity index (χ2n) is 1.86. The standard InChI is InChI=1S/C7H9NO.CHClO/c1-9-7-4-2-6(8)3-5-7;2-1-3/h2-5H,8H2,1H3;1H. The van der Waals surface area contributed by atoms with Crippen molar-refractivity contribution in [1.82, 2.24) is 0 Å². The van der Waals surface area contributed by atoms with Crippen molar-refractivity contribution in [3.05, 3.63) is 24.3 Å². The second-order valence-corrected chi connectivity index (χ2v) is 2.04. The van der Waals surface area contributed by atoms with E-state index in [4.69, 9.17) is 15.3 Å². The highest BCUT2D eigenvalue weighted by atomic mass is 35.5. The molecule has 0 atom stereocenters. The predicted molar refractivity (Wildman–Crippen MR) is 50.0 cm³/mol. The van der Waals surface area contributed by atoms with Gasteiger partial charge in [-0.3, -0.25) is 4.79 Å². The molecule has 1 aromatic carbocycles. The largest absolute Gasteiger partial charge is 0.497 e. The number of carbonyl (C=O) groups excluding carboxylic acids is 1. The molecular weight excluding hydrogens is 178 g/mol. The lowest BCUT2D eigenvalue weighted by molar-refractivity contribution is 0.415. The fourth-order valence-electron chi connectivity index (χ4n) is 0.604. The summed E-state index contributed by atoms with van der Waals surface area (Å²) in [7, 11) is 1.63. The van der Waals surface area contributed by atoms with Crippen molar-refractivity contribution in [2.75, 3.05) is 12.8 Å². The number of rotatable bonds is 1. The fourth-order valence-corrected chi connectivity index (χ4v) is 0.604. The molecule has 0 aliphatic carbocycles. The fraction of sp³-hybridized carbons (Fsp3) is 0.125. The van der Waals surface area contributed by atoms with Crippen LogP contribution >= 0.6 is 11.6 Å². The minimum atomic E-state index is 0.222. The van der Waals surface area contributed by atoms with Crippen molar-refractivity contribution in [2.45, 2.75) is 0 Å². The van der Waals surface area contributed by atoms with E-state index in [1.54, 1.807) is 19.2 Å². The van der Waals surface area contributed by atoms with E-state index in [2.05, 4.69) is 11.6 Å². The average molecular weight is 188 g/mol. The first-order valence-corrected chi connectivity index (χ1v) is 3.61. The molecule has 0 spiro atoms. The number of hydrogen-bond acceptors (Lipinski definition) is 3. The molecule has 0 fully saturated rings. The van der Waals surface area contributed by atoms with Crippen molar-refractivity contribution >= 4 is 23.0 Å². The maximum atomic E-state index is 8.57. The molecule has 0 aromatic heterocycles. The topological polar surface area (TPSA) is 52.3 Å². The zero-order chi connectivity index (χ0) is 9.40. The summed E-state index contributed by atoms with van der Waals surface area (Å²) >= 11 is 4.32. The Morgan fingerprint density at radius 2 is 1.83 bits per heavy atom. The molecule has 0 heterocycles. The molecule has 1 aromatic rings. The first-order chi connectivity index (χ1) is 5.74. The monoisotopic (exact) mass is 187 g/mol. The summed E-state index contributed by atoms with van der Waals surface area (Å²) in [5, 5.41) is 0. The van der Waals surface area contributed by atoms with E-state index in [0.29, 0.717) is 0 Å². The molecule has 0 saturated heterocycles. The highest BCUT2D eigenvalue weighted by Gasteiger charge is 1.86. The summed E-state index contributed by atoms with van der Waals surface area (Å²) < 4.78 is 4.91. The normalized spacial score (nSPS) is 7.83. The Labute approximate surface area is 76.1 Å². The number of ether oxygens (including phenoxy) is 1. The number of benzene rings is 1. The number of carbonyl (C=O) groups is 1. The van der Waals surface area contributed by atoms with Crippen molar-refractivity contribution in [1.29, 1.82) is 0 Å². The van der Waals surface area contributed by atoms with Crippen LogP contribution in [0.1, 0.15) is 0 Å². The number of hydrogen-bond donors (Lipinski definition) is 1. The lowest BCUT2D eigenvalue weighted by Gasteiger charge is -1.97. The van der Waals surface area contributed by atoms with Gasteiger partial charge in [-0.25, -0.2) is 0 Å². The van der Waals surface area contributed by atoms with Crippen molar-refractivity contribution in [3.8, 4) is 5.75 Å². The van der Waals surface area contributed by atoms with Gasteiger partial charge in [-0.05, 0) is 35.9 Å². The van der Waals surface area contributed by atoms with E-state index in [9.17, 15) is 0 Å². The summed E-state index contributed by atoms with van der Waals surface area (Å²) in [5.74, 6) is 1.06. The molecule has 0 aliphatic heterocycles. The number of anilines is 1. The van der Waals surface area contributed by atoms with Crippen LogP contribution in [0.4, 0.5) is 5.69 Å². The van der Waals surface area contributed by atoms with Gasteiger partial charge >= 0.3 is 0 Å². The molecule has 0 unspecified atom stereocenters. The van der Waals surface area contributed by atoms with Crippen LogP contribution in [0.5, 0.6) is 5.75 Å². The van der Waals surface area contributed by atoms with Gasteiger partial charge in [0, 0.05) is 5.69 Å². The Balaban J connectivity index is 0.000000354. The molecule has 12 heavy (non-hydrogen) atoms. The Bertz CT molecular complexity index is 223. The van der Waals surface area contributed by atoms with Crippen LogP contribution in [0.2, 0.25) is 0 Å². The van der Waals surface area contributed by atoms with E-state index >= 15 is 0 Å². The third-order valence-electron chi connectivity index (χ3n) is 1.12. The van der Waals surface area contributed by atoms with Gasteiger partial charge in [0.2, 0.25) is 5.75 Å². The smallest absolute Gasteiger partial charge is 0.208 e. The highest BCUT2D eigenvalue weighted by molar-refractivity contribution is 6.54. The Kier molecular flexibility index (Phi) is 5.83. The van der Waals surface area contributed by atoms with Crippen molar-refractivity contribution in [3.63, 3.8) is 0 Å².